The third-order valence-corrected chi connectivity index (χ3v) is 3.87. The van der Waals surface area contributed by atoms with Gasteiger partial charge in [-0.2, -0.15) is 0 Å². The monoisotopic (exact) mass is 377 g/mol. The summed E-state index contributed by atoms with van der Waals surface area (Å²) in [6.07, 6.45) is 0. The number of hydrogen-bond donors (Lipinski definition) is 1. The van der Waals surface area contributed by atoms with Crippen molar-refractivity contribution in [3.8, 4) is 0 Å². The summed E-state index contributed by atoms with van der Waals surface area (Å²) < 4.78 is 40.0. The first-order valence-electron chi connectivity index (χ1n) is 5.61. The molecule has 0 saturated carbocycles. The molecule has 2 rings (SSSR count). The van der Waals surface area contributed by atoms with Crippen LogP contribution in [0.4, 0.5) is 18.9 Å². The van der Waals surface area contributed by atoms with Crippen LogP contribution in [0.15, 0.2) is 30.3 Å². The molecule has 0 fully saturated rings. The largest absolute Gasteiger partial charge is 0.381 e. The normalized spacial score (nSPS) is 10.6. The minimum atomic E-state index is -1.44. The van der Waals surface area contributed by atoms with E-state index < -0.39 is 17.5 Å². The fourth-order valence-electron chi connectivity index (χ4n) is 1.62. The lowest BCUT2D eigenvalue weighted by Crippen LogP contribution is -2.02. The van der Waals surface area contributed by atoms with E-state index in [-0.39, 0.29) is 6.54 Å². The number of hydrogen-bond acceptors (Lipinski definition) is 1. The summed E-state index contributed by atoms with van der Waals surface area (Å²) in [6, 6.07) is 7.75. The maximum Gasteiger partial charge on any atom is 0.194 e. The fraction of sp³-hybridized carbons (Fsp3) is 0.143. The zero-order valence-electron chi connectivity index (χ0n) is 10.1. The highest BCUT2D eigenvalue weighted by Gasteiger charge is 2.10. The molecule has 1 nitrogen and oxygen atoms in total. The average molecular weight is 377 g/mol. The van der Waals surface area contributed by atoms with Gasteiger partial charge in [-0.15, -0.1) is 0 Å². The number of anilines is 1. The van der Waals surface area contributed by atoms with Crippen LogP contribution in [-0.4, -0.2) is 0 Å². The summed E-state index contributed by atoms with van der Waals surface area (Å²) in [4.78, 5) is 0. The molecule has 2 aromatic rings. The molecular weight excluding hydrogens is 366 g/mol. The highest BCUT2D eigenvalue weighted by molar-refractivity contribution is 14.1. The molecule has 0 aliphatic heterocycles. The minimum Gasteiger partial charge on any atom is -0.381 e. The van der Waals surface area contributed by atoms with Crippen molar-refractivity contribution >= 4 is 28.3 Å². The van der Waals surface area contributed by atoms with Gasteiger partial charge in [0, 0.05) is 15.8 Å². The van der Waals surface area contributed by atoms with E-state index in [1.807, 2.05) is 25.1 Å². The van der Waals surface area contributed by atoms with Gasteiger partial charge < -0.3 is 5.32 Å². The zero-order valence-corrected chi connectivity index (χ0v) is 12.3. The molecule has 0 atom stereocenters. The van der Waals surface area contributed by atoms with E-state index in [2.05, 4.69) is 27.9 Å². The van der Waals surface area contributed by atoms with Crippen molar-refractivity contribution in [3.05, 3.63) is 62.5 Å². The van der Waals surface area contributed by atoms with E-state index >= 15 is 0 Å². The molecule has 0 unspecified atom stereocenters. The van der Waals surface area contributed by atoms with Crippen molar-refractivity contribution in [2.75, 3.05) is 5.32 Å². The van der Waals surface area contributed by atoms with Crippen LogP contribution >= 0.6 is 22.6 Å². The Kier molecular flexibility index (Phi) is 4.34. The smallest absolute Gasteiger partial charge is 0.194 e. The summed E-state index contributed by atoms with van der Waals surface area (Å²) in [7, 11) is 0. The molecule has 0 amide bonds. The van der Waals surface area contributed by atoms with Crippen LogP contribution in [0.3, 0.4) is 0 Å². The molecule has 5 heteroatoms. The number of nitrogens with one attached hydrogen (secondary N) is 1. The van der Waals surface area contributed by atoms with Gasteiger partial charge in [0.25, 0.3) is 0 Å². The molecule has 0 aliphatic rings. The predicted octanol–water partition coefficient (Wildman–Crippen LogP) is 4.63. The van der Waals surface area contributed by atoms with Crippen molar-refractivity contribution in [2.24, 2.45) is 0 Å². The second-order valence-electron chi connectivity index (χ2n) is 4.19. The third-order valence-electron chi connectivity index (χ3n) is 2.71. The molecule has 0 aromatic heterocycles. The van der Waals surface area contributed by atoms with Gasteiger partial charge in [-0.25, -0.2) is 13.2 Å². The van der Waals surface area contributed by atoms with Crippen LogP contribution in [0, 0.1) is 27.9 Å². The van der Waals surface area contributed by atoms with Crippen LogP contribution < -0.4 is 5.32 Å². The van der Waals surface area contributed by atoms with E-state index in [1.54, 1.807) is 0 Å². The Morgan fingerprint density at radius 2 is 1.68 bits per heavy atom. The highest BCUT2D eigenvalue weighted by Crippen LogP contribution is 2.19. The number of aryl methyl sites for hydroxylation is 1. The van der Waals surface area contributed by atoms with Crippen LogP contribution in [-0.2, 0) is 6.54 Å². The summed E-state index contributed by atoms with van der Waals surface area (Å²) >= 11 is 2.21. The molecule has 0 heterocycles. The van der Waals surface area contributed by atoms with Gasteiger partial charge in [-0.05, 0) is 64.9 Å². The lowest BCUT2D eigenvalue weighted by molar-refractivity contribution is 0.445. The fourth-order valence-corrected chi connectivity index (χ4v) is 2.13. The van der Waals surface area contributed by atoms with Gasteiger partial charge in [0.1, 0.15) is 0 Å². The SMILES string of the molecule is Cc1ccc(NCc2cc(F)c(F)c(F)c2)cc1I. The van der Waals surface area contributed by atoms with Crippen molar-refractivity contribution in [2.45, 2.75) is 13.5 Å². The summed E-state index contributed by atoms with van der Waals surface area (Å²) in [5.41, 5.74) is 2.36. The van der Waals surface area contributed by atoms with Crippen molar-refractivity contribution in [1.29, 1.82) is 0 Å². The Morgan fingerprint density at radius 3 is 2.26 bits per heavy atom. The quantitative estimate of drug-likeness (QED) is 0.608. The molecule has 0 aliphatic carbocycles. The Morgan fingerprint density at radius 1 is 1.05 bits per heavy atom. The van der Waals surface area contributed by atoms with Gasteiger partial charge in [-0.1, -0.05) is 6.07 Å². The maximum atomic E-state index is 13.0. The molecule has 2 aromatic carbocycles. The Bertz CT molecular complexity index is 591. The van der Waals surface area contributed by atoms with E-state index in [9.17, 15) is 13.2 Å². The molecule has 19 heavy (non-hydrogen) atoms. The van der Waals surface area contributed by atoms with Gasteiger partial charge in [-0.3, -0.25) is 0 Å². The molecule has 0 radical (unpaired) electrons. The van der Waals surface area contributed by atoms with E-state index in [0.29, 0.717) is 5.56 Å². The third kappa shape index (κ3) is 3.40. The number of halogens is 4. The zero-order chi connectivity index (χ0) is 14.0. The minimum absolute atomic E-state index is 0.229. The van der Waals surface area contributed by atoms with Gasteiger partial charge in [0.15, 0.2) is 17.5 Å². The van der Waals surface area contributed by atoms with Gasteiger partial charge in [0.2, 0.25) is 0 Å². The first-order chi connectivity index (χ1) is 8.97. The summed E-state index contributed by atoms with van der Waals surface area (Å²) in [6.45, 7) is 2.23. The lowest BCUT2D eigenvalue weighted by atomic mass is 10.2. The first kappa shape index (κ1) is 14.2. The second-order valence-corrected chi connectivity index (χ2v) is 5.35. The Balaban J connectivity index is 2.12. The molecular formula is C14H11F3IN. The van der Waals surface area contributed by atoms with Crippen LogP contribution in [0.5, 0.6) is 0 Å². The topological polar surface area (TPSA) is 12.0 Å². The Labute approximate surface area is 123 Å². The molecule has 1 N–H and O–H groups in total. The van der Waals surface area contributed by atoms with E-state index in [1.165, 1.54) is 0 Å². The van der Waals surface area contributed by atoms with Gasteiger partial charge >= 0.3 is 0 Å². The molecule has 0 saturated heterocycles. The standard InChI is InChI=1S/C14H11F3IN/c1-8-2-3-10(6-13(8)18)19-7-9-4-11(15)14(17)12(16)5-9/h2-6,19H,7H2,1H3. The molecule has 0 bridgehead atoms. The summed E-state index contributed by atoms with van der Waals surface area (Å²) in [5, 5.41) is 3.04. The molecule has 100 valence electrons. The predicted molar refractivity (Wildman–Crippen MR) is 77.5 cm³/mol. The second kappa shape index (κ2) is 5.81. The average Bonchev–Trinajstić information content (AvgIpc) is 2.37. The first-order valence-corrected chi connectivity index (χ1v) is 6.68. The van der Waals surface area contributed by atoms with Crippen molar-refractivity contribution in [1.82, 2.24) is 0 Å². The number of benzene rings is 2. The van der Waals surface area contributed by atoms with E-state index in [4.69, 9.17) is 0 Å². The van der Waals surface area contributed by atoms with Crippen molar-refractivity contribution < 1.29 is 13.2 Å². The maximum absolute atomic E-state index is 13.0. The molecule has 0 spiro atoms. The van der Waals surface area contributed by atoms with Crippen LogP contribution in [0.25, 0.3) is 0 Å². The van der Waals surface area contributed by atoms with Gasteiger partial charge in [0.05, 0.1) is 0 Å². The Hall–Kier alpha value is -1.24. The summed E-state index contributed by atoms with van der Waals surface area (Å²) in [5.74, 6) is -3.78. The lowest BCUT2D eigenvalue weighted by Gasteiger charge is -2.09. The number of rotatable bonds is 3. The van der Waals surface area contributed by atoms with E-state index in [0.717, 1.165) is 27.0 Å². The van der Waals surface area contributed by atoms with Crippen LogP contribution in [0.2, 0.25) is 0 Å². The highest BCUT2D eigenvalue weighted by atomic mass is 127. The van der Waals surface area contributed by atoms with Crippen molar-refractivity contribution in [3.63, 3.8) is 0 Å². The van der Waals surface area contributed by atoms with Crippen LogP contribution in [0.1, 0.15) is 11.1 Å².